The highest BCUT2D eigenvalue weighted by Gasteiger charge is 2.45. The van der Waals surface area contributed by atoms with E-state index in [4.69, 9.17) is 14.2 Å². The van der Waals surface area contributed by atoms with E-state index < -0.39 is 49.5 Å². The Morgan fingerprint density at radius 1 is 1.23 bits per heavy atom. The van der Waals surface area contributed by atoms with Gasteiger partial charge in [0.1, 0.15) is 36.8 Å². The molecule has 30 heavy (non-hydrogen) atoms. The average molecular weight is 426 g/mol. The number of hydrogen-bond donors (Lipinski definition) is 4. The van der Waals surface area contributed by atoms with E-state index in [0.717, 1.165) is 6.29 Å². The van der Waals surface area contributed by atoms with Gasteiger partial charge in [-0.3, -0.25) is 9.59 Å². The Morgan fingerprint density at radius 2 is 1.97 bits per heavy atom. The summed E-state index contributed by atoms with van der Waals surface area (Å²) in [7, 11) is 0. The van der Waals surface area contributed by atoms with Gasteiger partial charge in [0.25, 0.3) is 0 Å². The average Bonchev–Trinajstić information content (AvgIpc) is 2.99. The molecule has 1 aliphatic carbocycles. The van der Waals surface area contributed by atoms with Crippen molar-refractivity contribution >= 4 is 12.3 Å². The minimum absolute atomic E-state index is 0.0678. The molecule has 9 heteroatoms. The fraction of sp³-hybridized carbons (Fsp3) is 0.714. The van der Waals surface area contributed by atoms with Crippen LogP contribution in [-0.4, -0.2) is 82.2 Å². The van der Waals surface area contributed by atoms with Gasteiger partial charge in [0.2, 0.25) is 0 Å². The topological polar surface area (TPSA) is 143 Å². The molecule has 3 aliphatic rings. The smallest absolute Gasteiger partial charge is 0.309 e. The summed E-state index contributed by atoms with van der Waals surface area (Å²) in [5.41, 5.74) is 1.30. The molecule has 0 aromatic carbocycles. The van der Waals surface area contributed by atoms with Crippen molar-refractivity contribution in [1.82, 2.24) is 0 Å². The van der Waals surface area contributed by atoms with Crippen molar-refractivity contribution < 1.29 is 44.2 Å². The lowest BCUT2D eigenvalue weighted by Crippen LogP contribution is -2.59. The summed E-state index contributed by atoms with van der Waals surface area (Å²) in [4.78, 5) is 23.6. The summed E-state index contributed by atoms with van der Waals surface area (Å²) in [6, 6.07) is 0. The Balaban J connectivity index is 1.85. The quantitative estimate of drug-likeness (QED) is 0.268. The molecule has 0 amide bonds. The molecule has 2 fully saturated rings. The zero-order chi connectivity index (χ0) is 22.0. The highest BCUT2D eigenvalue weighted by Crippen LogP contribution is 2.36. The van der Waals surface area contributed by atoms with Gasteiger partial charge in [0, 0.05) is 5.92 Å². The van der Waals surface area contributed by atoms with Gasteiger partial charge in [-0.15, -0.1) is 0 Å². The number of aliphatic hydroxyl groups is 4. The summed E-state index contributed by atoms with van der Waals surface area (Å²) < 4.78 is 16.9. The van der Waals surface area contributed by atoms with Crippen molar-refractivity contribution in [2.75, 3.05) is 6.61 Å². The maximum absolute atomic E-state index is 12.1. The number of aldehydes is 1. The van der Waals surface area contributed by atoms with Gasteiger partial charge in [0.15, 0.2) is 6.29 Å². The number of fused-ring (bicyclic) bond motifs is 1. The van der Waals surface area contributed by atoms with E-state index in [9.17, 15) is 30.0 Å². The van der Waals surface area contributed by atoms with Crippen LogP contribution in [0.1, 0.15) is 33.1 Å². The molecule has 4 N–H and O–H groups in total. The molecule has 0 aromatic rings. The van der Waals surface area contributed by atoms with Crippen molar-refractivity contribution in [2.24, 2.45) is 11.8 Å². The van der Waals surface area contributed by atoms with E-state index in [1.807, 2.05) is 13.0 Å². The summed E-state index contributed by atoms with van der Waals surface area (Å²) in [6.45, 7) is 3.05. The fourth-order valence-corrected chi connectivity index (χ4v) is 4.22. The lowest BCUT2D eigenvalue weighted by molar-refractivity contribution is -0.308. The first-order valence-corrected chi connectivity index (χ1v) is 10.3. The van der Waals surface area contributed by atoms with Crippen molar-refractivity contribution in [1.29, 1.82) is 0 Å². The Hall–Kier alpha value is -1.62. The Kier molecular flexibility index (Phi) is 7.43. The zero-order valence-corrected chi connectivity index (χ0v) is 17.1. The maximum Gasteiger partial charge on any atom is 0.309 e. The Bertz CT molecular complexity index is 701. The van der Waals surface area contributed by atoms with Gasteiger partial charge in [-0.05, 0) is 43.4 Å². The van der Waals surface area contributed by atoms with E-state index in [-0.39, 0.29) is 17.8 Å². The number of ether oxygens (including phenoxy) is 3. The maximum atomic E-state index is 12.1. The Labute approximate surface area is 174 Å². The van der Waals surface area contributed by atoms with Crippen molar-refractivity contribution in [3.8, 4) is 0 Å². The fourth-order valence-electron chi connectivity index (χ4n) is 4.22. The standard InChI is InChI=1S/C21H30O9/c1-10-7-15-13(11(2)20(27)28-15)5-3-12(8-22)4-6-14(10)29-21-19(26)18(25)17(24)16(9-23)30-21/h4,7-8,11,13-19,21,23-26H,3,5-6,9H2,1-2H3/b10-7+,12-4+/t11-,13?,14-,15+,16+,17+,18-,19+,21+/m0/s1. The molecule has 9 atom stereocenters. The molecule has 2 aliphatic heterocycles. The third-order valence-electron chi connectivity index (χ3n) is 6.28. The predicted molar refractivity (Wildman–Crippen MR) is 103 cm³/mol. The summed E-state index contributed by atoms with van der Waals surface area (Å²) in [5, 5.41) is 39.6. The van der Waals surface area contributed by atoms with Crippen molar-refractivity contribution in [2.45, 2.75) is 76.0 Å². The molecular formula is C21H30O9. The second-order valence-corrected chi connectivity index (χ2v) is 8.26. The van der Waals surface area contributed by atoms with Crippen molar-refractivity contribution in [3.05, 3.63) is 23.3 Å². The SMILES string of the molecule is C/C1=C\[C@H]2OC(=O)[C@@H](C)C2CC/C(C=O)=C\C[C@@H]1O[C@@H]1O[C@H](CO)[C@@H](O)[C@H](O)[C@H]1O. The molecule has 1 unspecified atom stereocenters. The van der Waals surface area contributed by atoms with E-state index in [2.05, 4.69) is 0 Å². The molecular weight excluding hydrogens is 396 g/mol. The largest absolute Gasteiger partial charge is 0.458 e. The van der Waals surface area contributed by atoms with E-state index in [1.165, 1.54) is 0 Å². The molecule has 0 aromatic heterocycles. The number of carbonyl (C=O) groups is 2. The van der Waals surface area contributed by atoms with E-state index in [0.29, 0.717) is 30.4 Å². The second-order valence-electron chi connectivity index (χ2n) is 8.26. The minimum Gasteiger partial charge on any atom is -0.458 e. The van der Waals surface area contributed by atoms with Crippen LogP contribution in [0.25, 0.3) is 0 Å². The van der Waals surface area contributed by atoms with Gasteiger partial charge in [-0.25, -0.2) is 0 Å². The van der Waals surface area contributed by atoms with Gasteiger partial charge in [-0.2, -0.15) is 0 Å². The van der Waals surface area contributed by atoms with Crippen LogP contribution in [-0.2, 0) is 23.8 Å². The third-order valence-corrected chi connectivity index (χ3v) is 6.28. The van der Waals surface area contributed by atoms with Crippen molar-refractivity contribution in [3.63, 3.8) is 0 Å². The monoisotopic (exact) mass is 426 g/mol. The Morgan fingerprint density at radius 3 is 2.63 bits per heavy atom. The van der Waals surface area contributed by atoms with Crippen LogP contribution < -0.4 is 0 Å². The number of hydrogen-bond acceptors (Lipinski definition) is 9. The molecule has 9 nitrogen and oxygen atoms in total. The van der Waals surface area contributed by atoms with Gasteiger partial charge < -0.3 is 34.6 Å². The molecule has 168 valence electrons. The number of esters is 1. The molecule has 2 saturated heterocycles. The van der Waals surface area contributed by atoms with Crippen LogP contribution in [0.2, 0.25) is 0 Å². The molecule has 0 saturated carbocycles. The molecule has 0 bridgehead atoms. The van der Waals surface area contributed by atoms with E-state index >= 15 is 0 Å². The van der Waals surface area contributed by atoms with Gasteiger partial charge in [0.05, 0.1) is 18.6 Å². The molecule has 3 rings (SSSR count). The number of allylic oxidation sites excluding steroid dienone is 1. The lowest BCUT2D eigenvalue weighted by Gasteiger charge is -2.41. The van der Waals surface area contributed by atoms with Gasteiger partial charge in [-0.1, -0.05) is 13.0 Å². The highest BCUT2D eigenvalue weighted by atomic mass is 16.7. The summed E-state index contributed by atoms with van der Waals surface area (Å²) >= 11 is 0. The third kappa shape index (κ3) is 4.66. The number of rotatable bonds is 4. The molecule has 0 spiro atoms. The first-order chi connectivity index (χ1) is 14.3. The first kappa shape index (κ1) is 23.1. The lowest BCUT2D eigenvalue weighted by atomic mass is 9.84. The molecule has 2 heterocycles. The van der Waals surface area contributed by atoms with Crippen LogP contribution >= 0.6 is 0 Å². The van der Waals surface area contributed by atoms with Crippen LogP contribution in [0, 0.1) is 11.8 Å². The van der Waals surface area contributed by atoms with Crippen LogP contribution in [0.4, 0.5) is 0 Å². The first-order valence-electron chi connectivity index (χ1n) is 10.3. The summed E-state index contributed by atoms with van der Waals surface area (Å²) in [5.74, 6) is -0.630. The predicted octanol–water partition coefficient (Wildman–Crippen LogP) is -0.395. The summed E-state index contributed by atoms with van der Waals surface area (Å²) in [6.07, 6.45) is -2.23. The second kappa shape index (κ2) is 9.67. The molecule has 0 radical (unpaired) electrons. The van der Waals surface area contributed by atoms with E-state index in [1.54, 1.807) is 13.0 Å². The highest BCUT2D eigenvalue weighted by molar-refractivity contribution is 5.75. The van der Waals surface area contributed by atoms with Gasteiger partial charge >= 0.3 is 5.97 Å². The number of aliphatic hydroxyl groups excluding tert-OH is 4. The van der Waals surface area contributed by atoms with Crippen LogP contribution in [0.5, 0.6) is 0 Å². The normalized spacial score (nSPS) is 46.1. The zero-order valence-electron chi connectivity index (χ0n) is 17.1. The van der Waals surface area contributed by atoms with Crippen LogP contribution in [0.15, 0.2) is 23.3 Å². The van der Waals surface area contributed by atoms with Crippen LogP contribution in [0.3, 0.4) is 0 Å². The minimum atomic E-state index is -1.55. The number of carbonyl (C=O) groups excluding carboxylic acids is 2.